The Hall–Kier alpha value is -3.03. The molecule has 0 bridgehead atoms. The summed E-state index contributed by atoms with van der Waals surface area (Å²) < 4.78 is 18.8. The van der Waals surface area contributed by atoms with E-state index in [4.69, 9.17) is 4.74 Å². The molecule has 0 spiro atoms. The molecular formula is C26H29FN2O4. The van der Waals surface area contributed by atoms with E-state index in [0.717, 1.165) is 24.2 Å². The molecule has 7 heteroatoms. The van der Waals surface area contributed by atoms with Crippen LogP contribution in [0.1, 0.15) is 42.5 Å². The van der Waals surface area contributed by atoms with Crippen molar-refractivity contribution in [2.45, 2.75) is 25.8 Å². The summed E-state index contributed by atoms with van der Waals surface area (Å²) in [7, 11) is 0. The first-order chi connectivity index (χ1) is 15.9. The highest BCUT2D eigenvalue weighted by Crippen LogP contribution is 2.39. The number of carbonyl (C=O) groups excluding carboxylic acids is 2. The van der Waals surface area contributed by atoms with Crippen molar-refractivity contribution in [2.75, 3.05) is 39.4 Å². The fraction of sp³-hybridized carbons (Fsp3) is 0.385. The van der Waals surface area contributed by atoms with Gasteiger partial charge in [-0.3, -0.25) is 14.5 Å². The number of hydrogen-bond donors (Lipinski definition) is 1. The summed E-state index contributed by atoms with van der Waals surface area (Å²) in [4.78, 5) is 29.9. The molecule has 33 heavy (non-hydrogen) atoms. The molecule has 0 saturated carbocycles. The number of halogens is 1. The first kappa shape index (κ1) is 23.1. The maximum Gasteiger partial charge on any atom is 0.295 e. The summed E-state index contributed by atoms with van der Waals surface area (Å²) in [6.07, 6.45) is 0. The molecule has 4 rings (SSSR count). The van der Waals surface area contributed by atoms with E-state index in [-0.39, 0.29) is 11.3 Å². The Balaban J connectivity index is 1.73. The summed E-state index contributed by atoms with van der Waals surface area (Å²) >= 11 is 0. The van der Waals surface area contributed by atoms with Crippen LogP contribution in [-0.2, 0) is 14.3 Å². The zero-order chi connectivity index (χ0) is 23.5. The van der Waals surface area contributed by atoms with Crippen molar-refractivity contribution in [1.82, 2.24) is 9.80 Å². The van der Waals surface area contributed by atoms with E-state index in [2.05, 4.69) is 18.7 Å². The number of ether oxygens (including phenoxy) is 1. The van der Waals surface area contributed by atoms with E-state index in [1.807, 2.05) is 24.3 Å². The number of likely N-dealkylation sites (tertiary alicyclic amines) is 1. The molecule has 2 aliphatic heterocycles. The Morgan fingerprint density at radius 1 is 1.03 bits per heavy atom. The predicted octanol–water partition coefficient (Wildman–Crippen LogP) is 3.70. The summed E-state index contributed by atoms with van der Waals surface area (Å²) in [5.41, 5.74) is 2.23. The van der Waals surface area contributed by atoms with Crippen LogP contribution in [0.4, 0.5) is 4.39 Å². The maximum absolute atomic E-state index is 13.4. The Morgan fingerprint density at radius 3 is 2.27 bits per heavy atom. The Morgan fingerprint density at radius 2 is 1.67 bits per heavy atom. The second-order valence-electron chi connectivity index (χ2n) is 8.77. The maximum atomic E-state index is 13.4. The van der Waals surface area contributed by atoms with Crippen LogP contribution < -0.4 is 0 Å². The standard InChI is InChI=1S/C26H29FN2O4/c1-17(2)18-3-5-19(6-4-18)23-22(24(30)20-7-9-21(27)10-8-20)25(31)26(32)29(23)12-11-28-13-15-33-16-14-28/h3-10,17,23,30H,11-16H2,1-2H3/b24-22+. The molecule has 2 saturated heterocycles. The quantitative estimate of drug-likeness (QED) is 0.411. The van der Waals surface area contributed by atoms with Gasteiger partial charge in [-0.15, -0.1) is 0 Å². The van der Waals surface area contributed by atoms with Crippen molar-refractivity contribution in [1.29, 1.82) is 0 Å². The highest BCUT2D eigenvalue weighted by Gasteiger charge is 2.46. The predicted molar refractivity (Wildman–Crippen MR) is 123 cm³/mol. The van der Waals surface area contributed by atoms with E-state index in [1.165, 1.54) is 29.2 Å². The highest BCUT2D eigenvalue weighted by molar-refractivity contribution is 6.46. The minimum Gasteiger partial charge on any atom is -0.507 e. The number of aliphatic hydroxyl groups excluding tert-OH is 1. The van der Waals surface area contributed by atoms with Gasteiger partial charge in [-0.25, -0.2) is 4.39 Å². The number of nitrogens with zero attached hydrogens (tertiary/aromatic N) is 2. The third kappa shape index (κ3) is 4.84. The van der Waals surface area contributed by atoms with Gasteiger partial charge in [0, 0.05) is 31.7 Å². The van der Waals surface area contributed by atoms with Gasteiger partial charge in [-0.2, -0.15) is 0 Å². The van der Waals surface area contributed by atoms with Gasteiger partial charge >= 0.3 is 0 Å². The second kappa shape index (κ2) is 9.85. The van der Waals surface area contributed by atoms with Crippen LogP contribution in [0.25, 0.3) is 5.76 Å². The van der Waals surface area contributed by atoms with E-state index >= 15 is 0 Å². The first-order valence-electron chi connectivity index (χ1n) is 11.3. The number of ketones is 1. The number of carbonyl (C=O) groups is 2. The number of Topliss-reactive ketones (excluding diaryl/α,β-unsaturated/α-hetero) is 1. The normalized spacial score (nSPS) is 21.2. The van der Waals surface area contributed by atoms with E-state index in [1.54, 1.807) is 0 Å². The van der Waals surface area contributed by atoms with Crippen LogP contribution in [0.5, 0.6) is 0 Å². The van der Waals surface area contributed by atoms with Gasteiger partial charge in [0.05, 0.1) is 24.8 Å². The lowest BCUT2D eigenvalue weighted by Crippen LogP contribution is -2.42. The van der Waals surface area contributed by atoms with Crippen molar-refractivity contribution < 1.29 is 23.8 Å². The lowest BCUT2D eigenvalue weighted by molar-refractivity contribution is -0.140. The molecule has 2 aromatic rings. The number of amides is 1. The molecule has 1 unspecified atom stereocenters. The molecule has 2 heterocycles. The zero-order valence-electron chi connectivity index (χ0n) is 19.0. The van der Waals surface area contributed by atoms with Gasteiger partial charge < -0.3 is 14.7 Å². The van der Waals surface area contributed by atoms with Gasteiger partial charge in [-0.1, -0.05) is 38.1 Å². The molecule has 0 radical (unpaired) electrons. The molecule has 2 aromatic carbocycles. The number of morpholine rings is 1. The van der Waals surface area contributed by atoms with Crippen molar-refractivity contribution in [2.24, 2.45) is 0 Å². The van der Waals surface area contributed by atoms with Gasteiger partial charge in [0.1, 0.15) is 11.6 Å². The molecule has 2 aliphatic rings. The molecule has 1 N–H and O–H groups in total. The van der Waals surface area contributed by atoms with Gasteiger partial charge in [0.15, 0.2) is 0 Å². The third-order valence-corrected chi connectivity index (χ3v) is 6.34. The molecule has 1 atom stereocenters. The highest BCUT2D eigenvalue weighted by atomic mass is 19.1. The molecular weight excluding hydrogens is 423 g/mol. The molecule has 6 nitrogen and oxygen atoms in total. The fourth-order valence-electron chi connectivity index (χ4n) is 4.36. The lowest BCUT2D eigenvalue weighted by atomic mass is 9.93. The Labute approximate surface area is 193 Å². The van der Waals surface area contributed by atoms with Crippen LogP contribution in [0.15, 0.2) is 54.1 Å². The lowest BCUT2D eigenvalue weighted by Gasteiger charge is -2.31. The van der Waals surface area contributed by atoms with Crippen LogP contribution in [0.2, 0.25) is 0 Å². The van der Waals surface area contributed by atoms with Crippen molar-refractivity contribution in [3.8, 4) is 0 Å². The first-order valence-corrected chi connectivity index (χ1v) is 11.3. The van der Waals surface area contributed by atoms with Crippen molar-refractivity contribution >= 4 is 17.4 Å². The third-order valence-electron chi connectivity index (χ3n) is 6.34. The monoisotopic (exact) mass is 452 g/mol. The summed E-state index contributed by atoms with van der Waals surface area (Å²) in [6, 6.07) is 12.3. The van der Waals surface area contributed by atoms with Crippen LogP contribution in [-0.4, -0.2) is 66.0 Å². The minimum atomic E-state index is -0.725. The Bertz CT molecular complexity index is 1040. The van der Waals surface area contributed by atoms with Crippen LogP contribution in [0, 0.1) is 5.82 Å². The average Bonchev–Trinajstić information content (AvgIpc) is 3.08. The number of rotatable bonds is 6. The fourth-order valence-corrected chi connectivity index (χ4v) is 4.36. The molecule has 1 amide bonds. The SMILES string of the molecule is CC(C)c1ccc(C2/C(=C(\O)c3ccc(F)cc3)C(=O)C(=O)N2CCN2CCOCC2)cc1. The van der Waals surface area contributed by atoms with Crippen molar-refractivity contribution in [3.63, 3.8) is 0 Å². The van der Waals surface area contributed by atoms with Crippen LogP contribution in [0.3, 0.4) is 0 Å². The summed E-state index contributed by atoms with van der Waals surface area (Å²) in [5, 5.41) is 11.0. The molecule has 2 fully saturated rings. The molecule has 174 valence electrons. The molecule has 0 aromatic heterocycles. The summed E-state index contributed by atoms with van der Waals surface area (Å²) in [6.45, 7) is 7.97. The largest absolute Gasteiger partial charge is 0.507 e. The number of benzene rings is 2. The van der Waals surface area contributed by atoms with Crippen molar-refractivity contribution in [3.05, 3.63) is 76.6 Å². The van der Waals surface area contributed by atoms with Gasteiger partial charge in [0.2, 0.25) is 0 Å². The number of hydrogen-bond acceptors (Lipinski definition) is 5. The van der Waals surface area contributed by atoms with E-state index in [0.29, 0.717) is 37.8 Å². The van der Waals surface area contributed by atoms with E-state index < -0.39 is 23.5 Å². The molecule has 0 aliphatic carbocycles. The Kier molecular flexibility index (Phi) is 6.91. The topological polar surface area (TPSA) is 70.1 Å². The summed E-state index contributed by atoms with van der Waals surface area (Å²) in [5.74, 6) is -1.76. The minimum absolute atomic E-state index is 0.0332. The second-order valence-corrected chi connectivity index (χ2v) is 8.77. The smallest absolute Gasteiger partial charge is 0.295 e. The van der Waals surface area contributed by atoms with Gasteiger partial charge in [0.25, 0.3) is 11.7 Å². The van der Waals surface area contributed by atoms with Gasteiger partial charge in [-0.05, 0) is 41.3 Å². The van der Waals surface area contributed by atoms with E-state index in [9.17, 15) is 19.1 Å². The van der Waals surface area contributed by atoms with Crippen LogP contribution >= 0.6 is 0 Å². The average molecular weight is 453 g/mol. The zero-order valence-corrected chi connectivity index (χ0v) is 19.0. The number of aliphatic hydroxyl groups is 1.